The van der Waals surface area contributed by atoms with Crippen molar-refractivity contribution < 1.29 is 36.6 Å². The Labute approximate surface area is 223 Å². The molecule has 4 aromatic rings. The molecule has 1 aromatic heterocycles. The van der Waals surface area contributed by atoms with Crippen LogP contribution in [0.25, 0.3) is 22.2 Å². The number of carboxylic acid groups (broad SMARTS) is 1. The number of alkyl halides is 3. The van der Waals surface area contributed by atoms with Gasteiger partial charge in [0.25, 0.3) is 5.91 Å². The van der Waals surface area contributed by atoms with Gasteiger partial charge in [-0.05, 0) is 77.8 Å². The number of carbonyl (C=O) groups excluding carboxylic acids is 1. The van der Waals surface area contributed by atoms with Crippen molar-refractivity contribution in [3.05, 3.63) is 82.9 Å². The molecule has 1 heterocycles. The summed E-state index contributed by atoms with van der Waals surface area (Å²) in [5.41, 5.74) is -0.0138. The van der Waals surface area contributed by atoms with Crippen molar-refractivity contribution >= 4 is 22.9 Å². The quantitative estimate of drug-likeness (QED) is 0.290. The van der Waals surface area contributed by atoms with Crippen molar-refractivity contribution in [2.45, 2.75) is 43.9 Å². The molecule has 7 nitrogen and oxygen atoms in total. The maximum absolute atomic E-state index is 14.0. The summed E-state index contributed by atoms with van der Waals surface area (Å²) in [6.07, 6.45) is -2.88. The summed E-state index contributed by atoms with van der Waals surface area (Å²) in [6.45, 7) is 0.00965. The van der Waals surface area contributed by atoms with Gasteiger partial charge in [0.15, 0.2) is 0 Å². The molecule has 1 amide bonds. The molecule has 0 atom stereocenters. The molecule has 3 fully saturated rings. The molecule has 2 bridgehead atoms. The fourth-order valence-corrected chi connectivity index (χ4v) is 6.20. The lowest BCUT2D eigenvalue weighted by atomic mass is 9.38. The third-order valence-electron chi connectivity index (χ3n) is 7.71. The number of hydrogen-bond donors (Lipinski definition) is 2. The van der Waals surface area contributed by atoms with Gasteiger partial charge in [-0.3, -0.25) is 9.59 Å². The molecule has 3 saturated carbocycles. The molecule has 3 aromatic carbocycles. The molecular weight excluding hydrogens is 535 g/mol. The number of halogens is 5. The van der Waals surface area contributed by atoms with Crippen molar-refractivity contribution in [1.82, 2.24) is 20.3 Å². The zero-order valence-electron chi connectivity index (χ0n) is 20.7. The number of benzene rings is 3. The van der Waals surface area contributed by atoms with Gasteiger partial charge in [-0.2, -0.15) is 13.2 Å². The molecule has 3 aliphatic rings. The minimum absolute atomic E-state index is 0.00965. The van der Waals surface area contributed by atoms with Gasteiger partial charge in [0.2, 0.25) is 0 Å². The molecule has 7 rings (SSSR count). The minimum atomic E-state index is -4.49. The van der Waals surface area contributed by atoms with Gasteiger partial charge in [-0.1, -0.05) is 17.3 Å². The van der Waals surface area contributed by atoms with Crippen LogP contribution in [0.2, 0.25) is 0 Å². The smallest absolute Gasteiger partial charge is 0.416 e. The van der Waals surface area contributed by atoms with Crippen molar-refractivity contribution in [3.63, 3.8) is 0 Å². The van der Waals surface area contributed by atoms with Crippen LogP contribution in [0.3, 0.4) is 0 Å². The van der Waals surface area contributed by atoms with Crippen LogP contribution < -0.4 is 5.32 Å². The first-order valence-corrected chi connectivity index (χ1v) is 12.4. The Morgan fingerprint density at radius 1 is 0.950 bits per heavy atom. The van der Waals surface area contributed by atoms with Gasteiger partial charge >= 0.3 is 12.1 Å². The summed E-state index contributed by atoms with van der Waals surface area (Å²) < 4.78 is 68.3. The molecule has 0 aliphatic heterocycles. The summed E-state index contributed by atoms with van der Waals surface area (Å²) in [6, 6.07) is 10.5. The van der Waals surface area contributed by atoms with Crippen LogP contribution in [0.4, 0.5) is 22.0 Å². The third kappa shape index (κ3) is 4.56. The highest BCUT2D eigenvalue weighted by Gasteiger charge is 2.68. The number of carboxylic acids is 1. The second-order valence-electron chi connectivity index (χ2n) is 10.8. The number of carbonyl (C=O) groups is 2. The van der Waals surface area contributed by atoms with Crippen molar-refractivity contribution in [2.75, 3.05) is 0 Å². The number of aliphatic carboxylic acids is 1. The zero-order chi connectivity index (χ0) is 28.4. The molecule has 40 heavy (non-hydrogen) atoms. The van der Waals surface area contributed by atoms with Gasteiger partial charge in [-0.25, -0.2) is 13.5 Å². The summed E-state index contributed by atoms with van der Waals surface area (Å²) in [4.78, 5) is 24.8. The maximum atomic E-state index is 14.0. The molecular formula is C28H21F5N4O3. The second-order valence-corrected chi connectivity index (χ2v) is 10.8. The van der Waals surface area contributed by atoms with E-state index in [1.165, 1.54) is 28.9 Å². The van der Waals surface area contributed by atoms with E-state index < -0.39 is 40.8 Å². The van der Waals surface area contributed by atoms with Crippen LogP contribution in [0.5, 0.6) is 0 Å². The SMILES string of the molecule is O=C(O)CC12CC(NC(=O)c3cc(-c4cc(F)cc(F)c4)cc4nnn(Cc5ccc(C(F)(F)F)cc5)c34)(C1)C2. The first-order valence-electron chi connectivity index (χ1n) is 12.4. The summed E-state index contributed by atoms with van der Waals surface area (Å²) in [5, 5.41) is 20.4. The highest BCUT2D eigenvalue weighted by atomic mass is 19.4. The van der Waals surface area contributed by atoms with Gasteiger partial charge in [-0.15, -0.1) is 5.10 Å². The Morgan fingerprint density at radius 2 is 1.57 bits per heavy atom. The minimum Gasteiger partial charge on any atom is -0.481 e. The molecule has 0 spiro atoms. The Bertz CT molecular complexity index is 1640. The fourth-order valence-electron chi connectivity index (χ4n) is 6.20. The number of amides is 1. The van der Waals surface area contributed by atoms with E-state index in [-0.39, 0.29) is 35.0 Å². The van der Waals surface area contributed by atoms with Gasteiger partial charge in [0, 0.05) is 11.6 Å². The lowest BCUT2D eigenvalue weighted by Crippen LogP contribution is -2.75. The first kappa shape index (κ1) is 25.9. The maximum Gasteiger partial charge on any atom is 0.416 e. The molecule has 12 heteroatoms. The van der Waals surface area contributed by atoms with Crippen LogP contribution in [-0.4, -0.2) is 37.5 Å². The number of nitrogens with zero attached hydrogens (tertiary/aromatic N) is 3. The fraction of sp³-hybridized carbons (Fsp3) is 0.286. The van der Waals surface area contributed by atoms with Gasteiger partial charge in [0.05, 0.1) is 24.1 Å². The molecule has 206 valence electrons. The monoisotopic (exact) mass is 556 g/mol. The van der Waals surface area contributed by atoms with E-state index in [9.17, 15) is 31.5 Å². The molecule has 3 aliphatic carbocycles. The van der Waals surface area contributed by atoms with E-state index >= 15 is 0 Å². The molecule has 0 unspecified atom stereocenters. The first-order chi connectivity index (χ1) is 18.8. The predicted octanol–water partition coefficient (Wildman–Crippen LogP) is 5.57. The number of aromatic nitrogens is 3. The number of rotatable bonds is 7. The lowest BCUT2D eigenvalue weighted by molar-refractivity contribution is -0.172. The average Bonchev–Trinajstić information content (AvgIpc) is 3.22. The van der Waals surface area contributed by atoms with Crippen LogP contribution >= 0.6 is 0 Å². The Balaban J connectivity index is 1.37. The Kier molecular flexibility index (Phi) is 5.72. The lowest BCUT2D eigenvalue weighted by Gasteiger charge is -2.70. The van der Waals surface area contributed by atoms with E-state index in [1.807, 2.05) is 0 Å². The van der Waals surface area contributed by atoms with E-state index in [0.29, 0.717) is 35.9 Å². The van der Waals surface area contributed by atoms with E-state index in [2.05, 4.69) is 15.6 Å². The Morgan fingerprint density at radius 3 is 2.17 bits per heavy atom. The van der Waals surface area contributed by atoms with Crippen LogP contribution in [0, 0.1) is 17.0 Å². The number of hydrogen-bond acceptors (Lipinski definition) is 4. The Hall–Kier alpha value is -4.35. The van der Waals surface area contributed by atoms with Crippen molar-refractivity contribution in [1.29, 1.82) is 0 Å². The van der Waals surface area contributed by atoms with Gasteiger partial charge < -0.3 is 10.4 Å². The van der Waals surface area contributed by atoms with E-state index in [0.717, 1.165) is 30.3 Å². The third-order valence-corrected chi connectivity index (χ3v) is 7.71. The number of fused-ring (bicyclic) bond motifs is 1. The van der Waals surface area contributed by atoms with Crippen molar-refractivity contribution in [3.8, 4) is 11.1 Å². The predicted molar refractivity (Wildman–Crippen MR) is 132 cm³/mol. The van der Waals surface area contributed by atoms with Crippen LogP contribution in [-0.2, 0) is 17.5 Å². The van der Waals surface area contributed by atoms with Crippen LogP contribution in [0.15, 0.2) is 54.6 Å². The zero-order valence-corrected chi connectivity index (χ0v) is 20.7. The van der Waals surface area contributed by atoms with Crippen molar-refractivity contribution in [2.24, 2.45) is 5.41 Å². The molecule has 2 N–H and O–H groups in total. The molecule has 0 radical (unpaired) electrons. The van der Waals surface area contributed by atoms with Crippen LogP contribution in [0.1, 0.15) is 47.2 Å². The summed E-state index contributed by atoms with van der Waals surface area (Å²) in [7, 11) is 0. The normalized spacial score (nSPS) is 21.5. The summed E-state index contributed by atoms with van der Waals surface area (Å²) in [5.74, 6) is -2.99. The average molecular weight is 556 g/mol. The number of nitrogens with one attached hydrogen (secondary N) is 1. The topological polar surface area (TPSA) is 97.1 Å². The largest absolute Gasteiger partial charge is 0.481 e. The molecule has 0 saturated heterocycles. The standard InChI is InChI=1S/C28H21F5N4O3/c29-19-5-16(6-20(30)9-19)17-7-21(25(40)34-27-12-26(13-27,14-27)10-23(38)39)24-22(8-17)35-36-37(24)11-15-1-3-18(4-2-15)28(31,32)33/h1-9H,10-14H2,(H,34,40)(H,38,39). The van der Waals surface area contributed by atoms with E-state index in [4.69, 9.17) is 5.11 Å². The second kappa shape index (κ2) is 8.83. The van der Waals surface area contributed by atoms with E-state index in [1.54, 1.807) is 0 Å². The summed E-state index contributed by atoms with van der Waals surface area (Å²) >= 11 is 0. The van der Waals surface area contributed by atoms with Gasteiger partial charge in [0.1, 0.15) is 22.7 Å². The highest BCUT2D eigenvalue weighted by molar-refractivity contribution is 6.07. The highest BCUT2D eigenvalue weighted by Crippen LogP contribution is 2.69.